The van der Waals surface area contributed by atoms with Crippen LogP contribution in [0.3, 0.4) is 0 Å². The zero-order valence-electron chi connectivity index (χ0n) is 18.5. The molecule has 4 aliphatic carbocycles. The normalized spacial score (nSPS) is 34.6. The highest BCUT2D eigenvalue weighted by molar-refractivity contribution is 5.94. The van der Waals surface area contributed by atoms with Crippen LogP contribution in [0.2, 0.25) is 0 Å². The minimum absolute atomic E-state index is 0.0608. The van der Waals surface area contributed by atoms with Gasteiger partial charge in [0.05, 0.1) is 19.3 Å². The van der Waals surface area contributed by atoms with Crippen molar-refractivity contribution < 1.29 is 9.53 Å². The molecule has 5 heteroatoms. The molecule has 1 saturated heterocycles. The van der Waals surface area contributed by atoms with Gasteiger partial charge in [-0.25, -0.2) is 0 Å². The van der Waals surface area contributed by atoms with Crippen LogP contribution >= 0.6 is 0 Å². The summed E-state index contributed by atoms with van der Waals surface area (Å²) in [5.41, 5.74) is 2.48. The van der Waals surface area contributed by atoms with E-state index in [0.717, 1.165) is 49.7 Å². The van der Waals surface area contributed by atoms with E-state index in [1.54, 1.807) is 0 Å². The van der Waals surface area contributed by atoms with E-state index in [9.17, 15) is 4.79 Å². The maximum Gasteiger partial charge on any atom is 0.241 e. The fraction of sp³-hybridized carbons (Fsp3) is 0.720. The number of rotatable bonds is 6. The van der Waals surface area contributed by atoms with Crippen molar-refractivity contribution in [3.63, 3.8) is 0 Å². The van der Waals surface area contributed by atoms with Crippen molar-refractivity contribution in [1.29, 1.82) is 0 Å². The molecule has 5 fully saturated rings. The van der Waals surface area contributed by atoms with Gasteiger partial charge in [-0.15, -0.1) is 0 Å². The number of ether oxygens (including phenoxy) is 1. The van der Waals surface area contributed by atoms with E-state index in [-0.39, 0.29) is 11.9 Å². The Labute approximate surface area is 180 Å². The smallest absolute Gasteiger partial charge is 0.241 e. The second kappa shape index (κ2) is 8.16. The van der Waals surface area contributed by atoms with E-state index >= 15 is 0 Å². The predicted octanol–water partition coefficient (Wildman–Crippen LogP) is 4.04. The molecule has 1 aromatic carbocycles. The molecule has 0 aromatic heterocycles. The van der Waals surface area contributed by atoms with Crippen LogP contribution in [0.4, 0.5) is 11.4 Å². The Balaban J connectivity index is 1.16. The summed E-state index contributed by atoms with van der Waals surface area (Å²) in [5, 5.41) is 6.79. The molecule has 1 aromatic rings. The molecule has 5 aliphatic rings. The minimum atomic E-state index is -0.188. The lowest BCUT2D eigenvalue weighted by atomic mass is 9.48. The number of morpholine rings is 1. The lowest BCUT2D eigenvalue weighted by Crippen LogP contribution is -2.57. The van der Waals surface area contributed by atoms with Gasteiger partial charge in [-0.2, -0.15) is 0 Å². The van der Waals surface area contributed by atoms with Crippen molar-refractivity contribution in [2.75, 3.05) is 36.5 Å². The Morgan fingerprint density at radius 3 is 2.13 bits per heavy atom. The van der Waals surface area contributed by atoms with E-state index in [4.69, 9.17) is 4.74 Å². The first-order valence-corrected chi connectivity index (χ1v) is 12.0. The van der Waals surface area contributed by atoms with Crippen molar-refractivity contribution in [2.24, 2.45) is 23.2 Å². The first kappa shape index (κ1) is 20.3. The summed E-state index contributed by atoms with van der Waals surface area (Å²) in [6.07, 6.45) is 8.48. The van der Waals surface area contributed by atoms with Crippen molar-refractivity contribution in [3.8, 4) is 0 Å². The molecule has 4 saturated carbocycles. The van der Waals surface area contributed by atoms with Crippen LogP contribution in [0.1, 0.15) is 52.4 Å². The van der Waals surface area contributed by atoms with Crippen LogP contribution in [0.25, 0.3) is 0 Å². The van der Waals surface area contributed by atoms with E-state index < -0.39 is 0 Å². The molecule has 6 rings (SSSR count). The van der Waals surface area contributed by atoms with Crippen molar-refractivity contribution >= 4 is 17.3 Å². The van der Waals surface area contributed by atoms with Gasteiger partial charge in [0.1, 0.15) is 0 Å². The van der Waals surface area contributed by atoms with Crippen LogP contribution in [0, 0.1) is 23.2 Å². The molecule has 2 atom stereocenters. The summed E-state index contributed by atoms with van der Waals surface area (Å²) in [7, 11) is 0. The Morgan fingerprint density at radius 2 is 1.57 bits per heavy atom. The second-order valence-corrected chi connectivity index (χ2v) is 10.5. The topological polar surface area (TPSA) is 53.6 Å². The van der Waals surface area contributed by atoms with Gasteiger partial charge in [-0.1, -0.05) is 0 Å². The molecule has 5 nitrogen and oxygen atoms in total. The molecule has 0 spiro atoms. The van der Waals surface area contributed by atoms with Crippen LogP contribution in [0.15, 0.2) is 24.3 Å². The van der Waals surface area contributed by atoms with Gasteiger partial charge in [0.25, 0.3) is 0 Å². The average Bonchev–Trinajstić information content (AvgIpc) is 2.74. The van der Waals surface area contributed by atoms with E-state index in [1.165, 1.54) is 44.2 Å². The molecule has 30 heavy (non-hydrogen) atoms. The Kier molecular flexibility index (Phi) is 5.53. The zero-order chi connectivity index (χ0) is 20.7. The summed E-state index contributed by atoms with van der Waals surface area (Å²) < 4.78 is 5.43. The van der Waals surface area contributed by atoms with Crippen molar-refractivity contribution in [2.45, 2.75) is 64.5 Å². The number of benzene rings is 1. The van der Waals surface area contributed by atoms with Gasteiger partial charge in [-0.05, 0) is 99.8 Å². The van der Waals surface area contributed by atoms with Gasteiger partial charge in [0.2, 0.25) is 5.91 Å². The third-order valence-corrected chi connectivity index (χ3v) is 8.41. The lowest BCUT2D eigenvalue weighted by Gasteiger charge is -2.59. The summed E-state index contributed by atoms with van der Waals surface area (Å²) in [6, 6.07) is 8.42. The van der Waals surface area contributed by atoms with E-state index in [2.05, 4.69) is 34.6 Å². The first-order valence-electron chi connectivity index (χ1n) is 12.0. The highest BCUT2D eigenvalue weighted by Crippen LogP contribution is 2.61. The van der Waals surface area contributed by atoms with Crippen LogP contribution in [-0.4, -0.2) is 44.3 Å². The maximum atomic E-state index is 12.9. The summed E-state index contributed by atoms with van der Waals surface area (Å²) >= 11 is 0. The van der Waals surface area contributed by atoms with Gasteiger partial charge in [0.15, 0.2) is 0 Å². The van der Waals surface area contributed by atoms with Gasteiger partial charge in [0, 0.05) is 30.5 Å². The van der Waals surface area contributed by atoms with Gasteiger partial charge in [-0.3, -0.25) is 4.79 Å². The Morgan fingerprint density at radius 1 is 1.00 bits per heavy atom. The molecule has 0 radical (unpaired) electrons. The largest absolute Gasteiger partial charge is 0.378 e. The summed E-state index contributed by atoms with van der Waals surface area (Å²) in [4.78, 5) is 15.2. The molecule has 164 valence electrons. The standard InChI is InChI=1S/C25H37N3O2/c1-17(26-18(2)25-14-19-11-20(15-25)13-21(12-19)16-25)24(29)27-22-3-5-23(6-4-22)28-7-9-30-10-8-28/h3-6,17-21,26H,7-16H2,1-2H3,(H,27,29)/t17-,18-,19?,20?,21?,25?/m1/s1. The number of amides is 1. The maximum absolute atomic E-state index is 12.9. The third-order valence-electron chi connectivity index (χ3n) is 8.41. The number of hydrogen-bond acceptors (Lipinski definition) is 4. The summed E-state index contributed by atoms with van der Waals surface area (Å²) in [6.45, 7) is 7.75. The van der Waals surface area contributed by atoms with Gasteiger partial charge >= 0.3 is 0 Å². The van der Waals surface area contributed by atoms with E-state index in [0.29, 0.717) is 11.5 Å². The number of carbonyl (C=O) groups excluding carboxylic acids is 1. The molecular formula is C25H37N3O2. The Bertz CT molecular complexity index is 721. The number of nitrogens with zero attached hydrogens (tertiary/aromatic N) is 1. The molecule has 0 unspecified atom stereocenters. The second-order valence-electron chi connectivity index (χ2n) is 10.5. The van der Waals surface area contributed by atoms with E-state index in [1.807, 2.05) is 19.1 Å². The molecule has 4 bridgehead atoms. The van der Waals surface area contributed by atoms with Crippen LogP contribution in [-0.2, 0) is 9.53 Å². The molecule has 1 amide bonds. The predicted molar refractivity (Wildman–Crippen MR) is 121 cm³/mol. The van der Waals surface area contributed by atoms with Gasteiger partial charge < -0.3 is 20.3 Å². The number of hydrogen-bond donors (Lipinski definition) is 2. The Hall–Kier alpha value is -1.59. The quantitative estimate of drug-likeness (QED) is 0.742. The molecule has 1 aliphatic heterocycles. The summed E-state index contributed by atoms with van der Waals surface area (Å²) in [5.74, 6) is 2.88. The molecular weight excluding hydrogens is 374 g/mol. The number of nitrogens with one attached hydrogen (secondary N) is 2. The SMILES string of the molecule is C[C@@H](N[C@H](C)C12CC3CC(CC(C3)C1)C2)C(=O)Nc1ccc(N2CCOCC2)cc1. The van der Waals surface area contributed by atoms with Crippen molar-refractivity contribution in [3.05, 3.63) is 24.3 Å². The first-order chi connectivity index (χ1) is 14.5. The van der Waals surface area contributed by atoms with Crippen molar-refractivity contribution in [1.82, 2.24) is 5.32 Å². The highest BCUT2D eigenvalue weighted by Gasteiger charge is 2.53. The molecule has 1 heterocycles. The lowest BCUT2D eigenvalue weighted by molar-refractivity contribution is -0.119. The minimum Gasteiger partial charge on any atom is -0.378 e. The average molecular weight is 412 g/mol. The fourth-order valence-electron chi connectivity index (χ4n) is 7.16. The van der Waals surface area contributed by atoms with Crippen LogP contribution in [0.5, 0.6) is 0 Å². The number of carbonyl (C=O) groups is 1. The fourth-order valence-corrected chi connectivity index (χ4v) is 7.16. The third kappa shape index (κ3) is 3.99. The highest BCUT2D eigenvalue weighted by atomic mass is 16.5. The monoisotopic (exact) mass is 411 g/mol. The number of anilines is 2. The van der Waals surface area contributed by atoms with Crippen LogP contribution < -0.4 is 15.5 Å². The molecule has 2 N–H and O–H groups in total. The zero-order valence-corrected chi connectivity index (χ0v) is 18.5.